The van der Waals surface area contributed by atoms with Crippen molar-refractivity contribution < 1.29 is 17.9 Å². The summed E-state index contributed by atoms with van der Waals surface area (Å²) >= 11 is 0. The van der Waals surface area contributed by atoms with Crippen LogP contribution >= 0.6 is 0 Å². The van der Waals surface area contributed by atoms with Crippen molar-refractivity contribution in [3.8, 4) is 5.75 Å². The maximum absolute atomic E-state index is 12.7. The maximum Gasteiger partial charge on any atom is 0.259 e. The average Bonchev–Trinajstić information content (AvgIpc) is 2.68. The summed E-state index contributed by atoms with van der Waals surface area (Å²) in [4.78, 5) is 12.7. The van der Waals surface area contributed by atoms with Gasteiger partial charge in [-0.15, -0.1) is 0 Å². The molecule has 3 rings (SSSR count). The zero-order chi connectivity index (χ0) is 20.1. The van der Waals surface area contributed by atoms with Crippen molar-refractivity contribution in [2.24, 2.45) is 0 Å². The maximum atomic E-state index is 12.7. The van der Waals surface area contributed by atoms with Crippen molar-refractivity contribution in [3.05, 3.63) is 59.2 Å². The zero-order valence-corrected chi connectivity index (χ0v) is 17.1. The van der Waals surface area contributed by atoms with Gasteiger partial charge in [-0.3, -0.25) is 4.79 Å². The summed E-state index contributed by atoms with van der Waals surface area (Å²) in [5.74, 6) is 0.444. The van der Waals surface area contributed by atoms with Crippen molar-refractivity contribution in [3.63, 3.8) is 0 Å². The highest BCUT2D eigenvalue weighted by Gasteiger charge is 2.26. The summed E-state index contributed by atoms with van der Waals surface area (Å²) in [5, 5.41) is 2.90. The van der Waals surface area contributed by atoms with Gasteiger partial charge in [0.05, 0.1) is 17.9 Å². The molecule has 0 spiro atoms. The molecule has 0 radical (unpaired) electrons. The molecular formula is C21H26N2O4S. The Morgan fingerprint density at radius 2 is 1.93 bits per heavy atom. The molecule has 0 atom stereocenters. The topological polar surface area (TPSA) is 75.7 Å². The molecule has 1 N–H and O–H groups in total. The molecule has 28 heavy (non-hydrogen) atoms. The number of amides is 1. The van der Waals surface area contributed by atoms with Gasteiger partial charge < -0.3 is 10.1 Å². The number of sulfonamides is 1. The lowest BCUT2D eigenvalue weighted by Crippen LogP contribution is -2.37. The minimum atomic E-state index is -3.24. The molecule has 2 aromatic rings. The molecule has 150 valence electrons. The number of ether oxygens (including phenoxy) is 1. The summed E-state index contributed by atoms with van der Waals surface area (Å²) in [6.45, 7) is 5.06. The lowest BCUT2D eigenvalue weighted by Gasteiger charge is -2.28. The number of carbonyl (C=O) groups excluding carboxylic acids is 1. The highest BCUT2D eigenvalue weighted by Crippen LogP contribution is 2.26. The first-order chi connectivity index (χ1) is 13.4. The molecule has 0 unspecified atom stereocenters. The van der Waals surface area contributed by atoms with E-state index in [0.717, 1.165) is 11.1 Å². The molecule has 6 nitrogen and oxygen atoms in total. The summed E-state index contributed by atoms with van der Waals surface area (Å²) < 4.78 is 31.8. The van der Waals surface area contributed by atoms with Crippen LogP contribution in [0.3, 0.4) is 0 Å². The van der Waals surface area contributed by atoms with Crippen LogP contribution in [-0.4, -0.2) is 37.5 Å². The Kier molecular flexibility index (Phi) is 6.36. The molecule has 1 aliphatic heterocycles. The second kappa shape index (κ2) is 8.75. The van der Waals surface area contributed by atoms with Gasteiger partial charge in [-0.05, 0) is 55.2 Å². The van der Waals surface area contributed by atoms with Crippen LogP contribution in [0.5, 0.6) is 5.75 Å². The molecule has 7 heteroatoms. The average molecular weight is 403 g/mol. The lowest BCUT2D eigenvalue weighted by atomic mass is 10.0. The van der Waals surface area contributed by atoms with Crippen molar-refractivity contribution in [1.29, 1.82) is 0 Å². The van der Waals surface area contributed by atoms with E-state index >= 15 is 0 Å². The van der Waals surface area contributed by atoms with Gasteiger partial charge in [0.25, 0.3) is 5.91 Å². The van der Waals surface area contributed by atoms with Crippen molar-refractivity contribution in [1.82, 2.24) is 4.31 Å². The Bertz CT molecular complexity index is 957. The number of nitrogens with one attached hydrogen (secondary N) is 1. The van der Waals surface area contributed by atoms with Gasteiger partial charge in [0.2, 0.25) is 10.0 Å². The fraction of sp³-hybridized carbons (Fsp3) is 0.381. The normalized spacial score (nSPS) is 14.4. The number of carbonyl (C=O) groups is 1. The predicted octanol–water partition coefficient (Wildman–Crippen LogP) is 3.44. The van der Waals surface area contributed by atoms with Crippen LogP contribution in [0.15, 0.2) is 42.5 Å². The molecule has 0 saturated carbocycles. The van der Waals surface area contributed by atoms with Crippen molar-refractivity contribution >= 4 is 21.6 Å². The molecule has 0 bridgehead atoms. The quantitative estimate of drug-likeness (QED) is 0.770. The highest BCUT2D eigenvalue weighted by molar-refractivity contribution is 7.89. The summed E-state index contributed by atoms with van der Waals surface area (Å²) in [6.07, 6.45) is 1.28. The molecule has 0 saturated heterocycles. The lowest BCUT2D eigenvalue weighted by molar-refractivity contribution is 0.102. The fourth-order valence-electron chi connectivity index (χ4n) is 3.37. The molecule has 0 aliphatic carbocycles. The number of rotatable bonds is 7. The zero-order valence-electron chi connectivity index (χ0n) is 16.3. The van der Waals surface area contributed by atoms with E-state index in [9.17, 15) is 13.2 Å². The Labute approximate surface area is 166 Å². The largest absolute Gasteiger partial charge is 0.493 e. The van der Waals surface area contributed by atoms with Gasteiger partial charge >= 0.3 is 0 Å². The van der Waals surface area contributed by atoms with Gasteiger partial charge in [0.1, 0.15) is 5.75 Å². The minimum absolute atomic E-state index is 0.160. The van der Waals surface area contributed by atoms with E-state index in [0.29, 0.717) is 49.5 Å². The number of benzene rings is 2. The first-order valence-corrected chi connectivity index (χ1v) is 11.2. The van der Waals surface area contributed by atoms with Gasteiger partial charge in [0.15, 0.2) is 0 Å². The minimum Gasteiger partial charge on any atom is -0.493 e. The second-order valence-electron chi connectivity index (χ2n) is 6.77. The summed E-state index contributed by atoms with van der Waals surface area (Å²) in [5.41, 5.74) is 3.16. The van der Waals surface area contributed by atoms with Crippen LogP contribution in [0.1, 0.15) is 41.8 Å². The van der Waals surface area contributed by atoms with Gasteiger partial charge in [0, 0.05) is 18.8 Å². The Balaban J connectivity index is 1.78. The monoisotopic (exact) mass is 402 g/mol. The molecular weight excluding hydrogens is 376 g/mol. The van der Waals surface area contributed by atoms with Crippen LogP contribution in [0.4, 0.5) is 5.69 Å². The Hall–Kier alpha value is -2.38. The van der Waals surface area contributed by atoms with Gasteiger partial charge in [-0.25, -0.2) is 8.42 Å². The van der Waals surface area contributed by atoms with E-state index in [1.54, 1.807) is 18.2 Å². The van der Waals surface area contributed by atoms with Crippen LogP contribution in [0, 0.1) is 0 Å². The van der Waals surface area contributed by atoms with Crippen LogP contribution < -0.4 is 10.1 Å². The molecule has 0 fully saturated rings. The SMILES string of the molecule is CCCS(=O)(=O)N1CCc2ccc(NC(=O)c3ccccc3OCC)cc2C1. The Morgan fingerprint density at radius 1 is 1.14 bits per heavy atom. The molecule has 1 amide bonds. The molecule has 1 aliphatic rings. The number of nitrogens with zero attached hydrogens (tertiary/aromatic N) is 1. The van der Waals surface area contributed by atoms with Crippen LogP contribution in [0.25, 0.3) is 0 Å². The number of para-hydroxylation sites is 1. The second-order valence-corrected chi connectivity index (χ2v) is 8.85. The fourth-order valence-corrected chi connectivity index (χ4v) is 4.85. The van der Waals surface area contributed by atoms with E-state index in [1.165, 1.54) is 4.31 Å². The van der Waals surface area contributed by atoms with Crippen molar-refractivity contribution in [2.45, 2.75) is 33.2 Å². The highest BCUT2D eigenvalue weighted by atomic mass is 32.2. The number of hydrogen-bond donors (Lipinski definition) is 1. The third kappa shape index (κ3) is 4.54. The summed E-state index contributed by atoms with van der Waals surface area (Å²) in [7, 11) is -3.24. The first kappa shape index (κ1) is 20.4. The van der Waals surface area contributed by atoms with E-state index < -0.39 is 10.0 Å². The summed E-state index contributed by atoms with van der Waals surface area (Å²) in [6, 6.07) is 12.8. The molecule has 2 aromatic carbocycles. The van der Waals surface area contributed by atoms with Gasteiger partial charge in [-0.1, -0.05) is 25.1 Å². The number of fused-ring (bicyclic) bond motifs is 1. The predicted molar refractivity (Wildman–Crippen MR) is 110 cm³/mol. The molecule has 0 aromatic heterocycles. The van der Waals surface area contributed by atoms with E-state index in [-0.39, 0.29) is 11.7 Å². The third-order valence-corrected chi connectivity index (χ3v) is 6.75. The standard InChI is InChI=1S/C21H26N2O4S/c1-3-13-28(25,26)23-12-11-16-9-10-18(14-17(16)15-23)22-21(24)19-7-5-6-8-20(19)27-4-2/h5-10,14H,3-4,11-13,15H2,1-2H3,(H,22,24). The smallest absolute Gasteiger partial charge is 0.259 e. The Morgan fingerprint density at radius 3 is 2.68 bits per heavy atom. The van der Waals surface area contributed by atoms with E-state index in [1.807, 2.05) is 38.1 Å². The molecule has 1 heterocycles. The van der Waals surface area contributed by atoms with Crippen LogP contribution in [-0.2, 0) is 23.0 Å². The first-order valence-electron chi connectivity index (χ1n) is 9.57. The van der Waals surface area contributed by atoms with E-state index in [4.69, 9.17) is 4.74 Å². The van der Waals surface area contributed by atoms with E-state index in [2.05, 4.69) is 5.32 Å². The van der Waals surface area contributed by atoms with Gasteiger partial charge in [-0.2, -0.15) is 4.31 Å². The number of anilines is 1. The van der Waals surface area contributed by atoms with Crippen molar-refractivity contribution in [2.75, 3.05) is 24.2 Å². The van der Waals surface area contributed by atoms with Crippen LogP contribution in [0.2, 0.25) is 0 Å². The number of hydrogen-bond acceptors (Lipinski definition) is 4. The third-order valence-electron chi connectivity index (χ3n) is 4.73.